The molecule has 1 saturated heterocycles. The van der Waals surface area contributed by atoms with Gasteiger partial charge in [-0.2, -0.15) is 0 Å². The van der Waals surface area contributed by atoms with Gasteiger partial charge < -0.3 is 14.2 Å². The fourth-order valence-electron chi connectivity index (χ4n) is 1.80. The number of rotatable bonds is 4. The van der Waals surface area contributed by atoms with Crippen molar-refractivity contribution in [1.82, 2.24) is 4.98 Å². The summed E-state index contributed by atoms with van der Waals surface area (Å²) < 4.78 is 15.7. The van der Waals surface area contributed by atoms with Crippen molar-refractivity contribution in [3.8, 4) is 0 Å². The monoisotopic (exact) mass is 251 g/mol. The summed E-state index contributed by atoms with van der Waals surface area (Å²) in [5, 5.41) is 0. The summed E-state index contributed by atoms with van der Waals surface area (Å²) in [6.45, 7) is 1.09. The van der Waals surface area contributed by atoms with Crippen LogP contribution in [0.25, 0.3) is 0 Å². The van der Waals surface area contributed by atoms with Crippen molar-refractivity contribution < 1.29 is 19.0 Å². The van der Waals surface area contributed by atoms with Gasteiger partial charge in [-0.3, -0.25) is 0 Å². The molecule has 0 N–H and O–H groups in total. The lowest BCUT2D eigenvalue weighted by atomic mass is 10.2. The van der Waals surface area contributed by atoms with Crippen molar-refractivity contribution in [3.63, 3.8) is 0 Å². The second-order valence-corrected chi connectivity index (χ2v) is 4.11. The lowest BCUT2D eigenvalue weighted by molar-refractivity contribution is -0.169. The Morgan fingerprint density at radius 2 is 2.39 bits per heavy atom. The van der Waals surface area contributed by atoms with Crippen molar-refractivity contribution in [1.29, 1.82) is 0 Å². The van der Waals surface area contributed by atoms with Gasteiger partial charge in [0.2, 0.25) is 0 Å². The van der Waals surface area contributed by atoms with Crippen LogP contribution >= 0.6 is 0 Å². The van der Waals surface area contributed by atoms with Crippen LogP contribution in [0.1, 0.15) is 35.4 Å². The van der Waals surface area contributed by atoms with Crippen LogP contribution in [0.3, 0.4) is 0 Å². The van der Waals surface area contributed by atoms with Crippen molar-refractivity contribution in [3.05, 3.63) is 29.6 Å². The Balaban J connectivity index is 1.90. The topological polar surface area (TPSA) is 57.7 Å². The summed E-state index contributed by atoms with van der Waals surface area (Å²) in [7, 11) is 1.34. The molecule has 18 heavy (non-hydrogen) atoms. The van der Waals surface area contributed by atoms with Crippen molar-refractivity contribution in [2.75, 3.05) is 13.7 Å². The molecule has 0 saturated carbocycles. The molecule has 0 radical (unpaired) electrons. The molecule has 1 aliphatic rings. The van der Waals surface area contributed by atoms with Gasteiger partial charge in [0.05, 0.1) is 19.4 Å². The molecule has 2 rings (SSSR count). The van der Waals surface area contributed by atoms with E-state index in [9.17, 15) is 4.79 Å². The first kappa shape index (κ1) is 13.0. The molecule has 0 bridgehead atoms. The number of pyridine rings is 1. The summed E-state index contributed by atoms with van der Waals surface area (Å²) in [6, 6.07) is 5.20. The molecule has 1 aliphatic heterocycles. The largest absolute Gasteiger partial charge is 0.464 e. The van der Waals surface area contributed by atoms with Crippen molar-refractivity contribution in [2.45, 2.75) is 32.2 Å². The van der Waals surface area contributed by atoms with E-state index in [4.69, 9.17) is 9.47 Å². The van der Waals surface area contributed by atoms with E-state index in [0.29, 0.717) is 18.0 Å². The highest BCUT2D eigenvalue weighted by molar-refractivity contribution is 5.87. The summed E-state index contributed by atoms with van der Waals surface area (Å²) in [5.41, 5.74) is 0.996. The van der Waals surface area contributed by atoms with Gasteiger partial charge in [-0.05, 0) is 31.4 Å². The smallest absolute Gasteiger partial charge is 0.356 e. The molecular weight excluding hydrogens is 234 g/mol. The first-order valence-corrected chi connectivity index (χ1v) is 6.07. The molecule has 0 aromatic carbocycles. The molecule has 1 unspecified atom stereocenters. The SMILES string of the molecule is COC(=O)c1cccc(COC2CCCCO2)n1. The average molecular weight is 251 g/mol. The van der Waals surface area contributed by atoms with Gasteiger partial charge >= 0.3 is 5.97 Å². The van der Waals surface area contributed by atoms with Gasteiger partial charge in [0.25, 0.3) is 0 Å². The van der Waals surface area contributed by atoms with Crippen LogP contribution in [-0.2, 0) is 20.8 Å². The Bertz CT molecular complexity index is 402. The predicted octanol–water partition coefficient (Wildman–Crippen LogP) is 1.91. The van der Waals surface area contributed by atoms with Gasteiger partial charge in [0, 0.05) is 6.61 Å². The second kappa shape index (κ2) is 6.47. The van der Waals surface area contributed by atoms with E-state index in [-0.39, 0.29) is 6.29 Å². The Kier molecular flexibility index (Phi) is 4.66. The Morgan fingerprint density at radius 3 is 3.11 bits per heavy atom. The highest BCUT2D eigenvalue weighted by Crippen LogP contribution is 2.15. The Hall–Kier alpha value is -1.46. The average Bonchev–Trinajstić information content (AvgIpc) is 2.45. The highest BCUT2D eigenvalue weighted by Gasteiger charge is 2.14. The zero-order valence-electron chi connectivity index (χ0n) is 10.4. The third-order valence-corrected chi connectivity index (χ3v) is 2.76. The first-order valence-electron chi connectivity index (χ1n) is 6.07. The van der Waals surface area contributed by atoms with E-state index < -0.39 is 5.97 Å². The number of ether oxygens (including phenoxy) is 3. The molecule has 5 nitrogen and oxygen atoms in total. The fourth-order valence-corrected chi connectivity index (χ4v) is 1.80. The number of methoxy groups -OCH3 is 1. The molecule has 1 aromatic heterocycles. The van der Waals surface area contributed by atoms with Gasteiger partial charge in [0.1, 0.15) is 5.69 Å². The minimum atomic E-state index is -0.439. The lowest BCUT2D eigenvalue weighted by Crippen LogP contribution is -2.22. The molecule has 5 heteroatoms. The van der Waals surface area contributed by atoms with Crippen LogP contribution in [0.5, 0.6) is 0 Å². The Labute approximate surface area is 106 Å². The maximum Gasteiger partial charge on any atom is 0.356 e. The number of esters is 1. The summed E-state index contributed by atoms with van der Waals surface area (Å²) in [5.74, 6) is -0.439. The second-order valence-electron chi connectivity index (χ2n) is 4.11. The molecule has 1 fully saturated rings. The van der Waals surface area contributed by atoms with E-state index in [2.05, 4.69) is 9.72 Å². The van der Waals surface area contributed by atoms with E-state index in [1.807, 2.05) is 6.07 Å². The number of aromatic nitrogens is 1. The molecule has 98 valence electrons. The number of hydrogen-bond acceptors (Lipinski definition) is 5. The number of carbonyl (C=O) groups excluding carboxylic acids is 1. The van der Waals surface area contributed by atoms with E-state index in [1.165, 1.54) is 7.11 Å². The van der Waals surface area contributed by atoms with Gasteiger partial charge in [0.15, 0.2) is 6.29 Å². The zero-order chi connectivity index (χ0) is 12.8. The standard InChI is InChI=1S/C13H17NO4/c1-16-13(15)11-6-4-5-10(14-11)9-18-12-7-2-3-8-17-12/h4-6,12H,2-3,7-9H2,1H3. The van der Waals surface area contributed by atoms with Gasteiger partial charge in [-0.1, -0.05) is 6.07 Å². The van der Waals surface area contributed by atoms with Crippen molar-refractivity contribution >= 4 is 5.97 Å². The third kappa shape index (κ3) is 3.51. The molecule has 0 spiro atoms. The maximum absolute atomic E-state index is 11.3. The summed E-state index contributed by atoms with van der Waals surface area (Å²) in [4.78, 5) is 15.5. The fraction of sp³-hybridized carbons (Fsp3) is 0.538. The van der Waals surface area contributed by atoms with Crippen LogP contribution in [0.2, 0.25) is 0 Å². The van der Waals surface area contributed by atoms with Gasteiger partial charge in [-0.15, -0.1) is 0 Å². The number of carbonyl (C=O) groups is 1. The molecule has 0 aliphatic carbocycles. The molecular formula is C13H17NO4. The minimum Gasteiger partial charge on any atom is -0.464 e. The summed E-state index contributed by atoms with van der Waals surface area (Å²) >= 11 is 0. The van der Waals surface area contributed by atoms with Crippen LogP contribution in [0.15, 0.2) is 18.2 Å². The van der Waals surface area contributed by atoms with Crippen molar-refractivity contribution in [2.24, 2.45) is 0 Å². The van der Waals surface area contributed by atoms with E-state index >= 15 is 0 Å². The third-order valence-electron chi connectivity index (χ3n) is 2.76. The lowest BCUT2D eigenvalue weighted by Gasteiger charge is -2.22. The maximum atomic E-state index is 11.3. The normalized spacial score (nSPS) is 19.5. The van der Waals surface area contributed by atoms with Crippen LogP contribution in [-0.4, -0.2) is 31.0 Å². The highest BCUT2D eigenvalue weighted by atomic mass is 16.7. The van der Waals surface area contributed by atoms with Crippen LogP contribution in [0, 0.1) is 0 Å². The molecule has 2 heterocycles. The number of nitrogens with zero attached hydrogens (tertiary/aromatic N) is 1. The van der Waals surface area contributed by atoms with Crippen LogP contribution < -0.4 is 0 Å². The minimum absolute atomic E-state index is 0.151. The van der Waals surface area contributed by atoms with Crippen LogP contribution in [0.4, 0.5) is 0 Å². The van der Waals surface area contributed by atoms with Gasteiger partial charge in [-0.25, -0.2) is 9.78 Å². The predicted molar refractivity (Wildman–Crippen MR) is 64.0 cm³/mol. The van der Waals surface area contributed by atoms with E-state index in [0.717, 1.165) is 25.9 Å². The zero-order valence-corrected chi connectivity index (χ0v) is 10.4. The molecule has 0 amide bonds. The Morgan fingerprint density at radius 1 is 1.50 bits per heavy atom. The molecule has 1 aromatic rings. The quantitative estimate of drug-likeness (QED) is 0.765. The summed E-state index contributed by atoms with van der Waals surface area (Å²) in [6.07, 6.45) is 2.98. The van der Waals surface area contributed by atoms with E-state index in [1.54, 1.807) is 12.1 Å². The first-order chi connectivity index (χ1) is 8.79. The number of hydrogen-bond donors (Lipinski definition) is 0. The molecule has 1 atom stereocenters.